The fourth-order valence-electron chi connectivity index (χ4n) is 2.26. The van der Waals surface area contributed by atoms with Gasteiger partial charge in [0.2, 0.25) is 0 Å². The first-order chi connectivity index (χ1) is 7.75. The van der Waals surface area contributed by atoms with E-state index < -0.39 is 0 Å². The van der Waals surface area contributed by atoms with Gasteiger partial charge in [0.1, 0.15) is 0 Å². The summed E-state index contributed by atoms with van der Waals surface area (Å²) in [5, 5.41) is 0. The zero-order chi connectivity index (χ0) is 11.4. The van der Waals surface area contributed by atoms with E-state index in [0.717, 1.165) is 0 Å². The van der Waals surface area contributed by atoms with Crippen molar-refractivity contribution in [3.63, 3.8) is 0 Å². The molecule has 1 aliphatic heterocycles. The maximum atomic E-state index is 2.56. The lowest BCUT2D eigenvalue weighted by atomic mass is 10.00. The van der Waals surface area contributed by atoms with Crippen molar-refractivity contribution in [2.75, 3.05) is 13.1 Å². The summed E-state index contributed by atoms with van der Waals surface area (Å²) in [5.74, 6) is 0. The summed E-state index contributed by atoms with van der Waals surface area (Å²) in [5.41, 5.74) is 2.94. The molecule has 0 unspecified atom stereocenters. The summed E-state index contributed by atoms with van der Waals surface area (Å²) in [7, 11) is 0. The SMILES string of the molecule is CC(C)N1CCC(=Cc2ccccc2)CC1. The lowest BCUT2D eigenvalue weighted by Crippen LogP contribution is -2.36. The van der Waals surface area contributed by atoms with E-state index in [1.165, 1.54) is 31.5 Å². The smallest absolute Gasteiger partial charge is 0.00388 e. The van der Waals surface area contributed by atoms with Crippen LogP contribution in [0, 0.1) is 0 Å². The van der Waals surface area contributed by atoms with Gasteiger partial charge in [0.15, 0.2) is 0 Å². The van der Waals surface area contributed by atoms with Crippen LogP contribution in [0.5, 0.6) is 0 Å². The van der Waals surface area contributed by atoms with Gasteiger partial charge in [-0.1, -0.05) is 42.0 Å². The van der Waals surface area contributed by atoms with E-state index in [9.17, 15) is 0 Å². The molecule has 0 radical (unpaired) electrons. The van der Waals surface area contributed by atoms with Gasteiger partial charge < -0.3 is 4.90 Å². The van der Waals surface area contributed by atoms with Gasteiger partial charge >= 0.3 is 0 Å². The Morgan fingerprint density at radius 3 is 2.25 bits per heavy atom. The highest BCUT2D eigenvalue weighted by Gasteiger charge is 2.15. The molecular formula is C15H21N. The second-order valence-electron chi connectivity index (χ2n) is 4.84. The highest BCUT2D eigenvalue weighted by Crippen LogP contribution is 2.20. The first-order valence-electron chi connectivity index (χ1n) is 6.24. The second-order valence-corrected chi connectivity index (χ2v) is 4.84. The van der Waals surface area contributed by atoms with Gasteiger partial charge in [-0.3, -0.25) is 0 Å². The summed E-state index contributed by atoms with van der Waals surface area (Å²) in [6.07, 6.45) is 4.82. The largest absolute Gasteiger partial charge is 0.300 e. The number of hydrogen-bond donors (Lipinski definition) is 0. The molecule has 2 rings (SSSR count). The molecule has 0 spiro atoms. The van der Waals surface area contributed by atoms with Crippen LogP contribution in [0.4, 0.5) is 0 Å². The lowest BCUT2D eigenvalue weighted by molar-refractivity contribution is 0.208. The molecule has 0 amide bonds. The molecule has 0 bridgehead atoms. The minimum absolute atomic E-state index is 0.693. The van der Waals surface area contributed by atoms with Gasteiger partial charge in [-0.25, -0.2) is 0 Å². The van der Waals surface area contributed by atoms with Crippen LogP contribution in [0.2, 0.25) is 0 Å². The Morgan fingerprint density at radius 1 is 1.06 bits per heavy atom. The van der Waals surface area contributed by atoms with E-state index in [2.05, 4.69) is 55.2 Å². The number of hydrogen-bond acceptors (Lipinski definition) is 1. The number of piperidine rings is 1. The molecule has 1 aromatic carbocycles. The van der Waals surface area contributed by atoms with E-state index in [-0.39, 0.29) is 0 Å². The van der Waals surface area contributed by atoms with Crippen molar-refractivity contribution in [2.45, 2.75) is 32.7 Å². The third-order valence-electron chi connectivity index (χ3n) is 3.34. The van der Waals surface area contributed by atoms with Crippen LogP contribution in [0.1, 0.15) is 32.3 Å². The maximum Gasteiger partial charge on any atom is 0.00388 e. The normalized spacial score (nSPS) is 17.8. The van der Waals surface area contributed by atoms with E-state index in [4.69, 9.17) is 0 Å². The number of rotatable bonds is 2. The summed E-state index contributed by atoms with van der Waals surface area (Å²) in [4.78, 5) is 2.56. The van der Waals surface area contributed by atoms with Crippen LogP contribution in [0.15, 0.2) is 35.9 Å². The highest BCUT2D eigenvalue weighted by molar-refractivity contribution is 5.52. The third-order valence-corrected chi connectivity index (χ3v) is 3.34. The average Bonchev–Trinajstić information content (AvgIpc) is 2.31. The number of nitrogens with zero attached hydrogens (tertiary/aromatic N) is 1. The summed E-state index contributed by atoms with van der Waals surface area (Å²) in [6, 6.07) is 11.3. The quantitative estimate of drug-likeness (QED) is 0.729. The predicted molar refractivity (Wildman–Crippen MR) is 70.4 cm³/mol. The topological polar surface area (TPSA) is 3.24 Å². The van der Waals surface area contributed by atoms with Gasteiger partial charge in [-0.15, -0.1) is 0 Å². The Bertz CT molecular complexity index is 341. The van der Waals surface area contributed by atoms with Crippen molar-refractivity contribution in [2.24, 2.45) is 0 Å². The van der Waals surface area contributed by atoms with Crippen molar-refractivity contribution in [3.05, 3.63) is 41.5 Å². The molecule has 1 aliphatic rings. The summed E-state index contributed by atoms with van der Waals surface area (Å²) < 4.78 is 0. The van der Waals surface area contributed by atoms with E-state index in [1.807, 2.05) is 0 Å². The molecule has 1 heteroatoms. The van der Waals surface area contributed by atoms with Crippen molar-refractivity contribution in [1.82, 2.24) is 4.90 Å². The summed E-state index contributed by atoms with van der Waals surface area (Å²) in [6.45, 7) is 7.00. The molecule has 0 aromatic heterocycles. The second kappa shape index (κ2) is 5.31. The molecule has 0 atom stereocenters. The van der Waals surface area contributed by atoms with E-state index >= 15 is 0 Å². The van der Waals surface area contributed by atoms with Crippen molar-refractivity contribution in [1.29, 1.82) is 0 Å². The Hall–Kier alpha value is -1.08. The molecular weight excluding hydrogens is 194 g/mol. The molecule has 16 heavy (non-hydrogen) atoms. The van der Waals surface area contributed by atoms with Crippen LogP contribution in [-0.4, -0.2) is 24.0 Å². The monoisotopic (exact) mass is 215 g/mol. The molecule has 1 nitrogen and oxygen atoms in total. The standard InChI is InChI=1S/C15H21N/c1-13(2)16-10-8-15(9-11-16)12-14-6-4-3-5-7-14/h3-7,12-13H,8-11H2,1-2H3. The van der Waals surface area contributed by atoms with Crippen LogP contribution >= 0.6 is 0 Å². The Morgan fingerprint density at radius 2 is 1.69 bits per heavy atom. The fraction of sp³-hybridized carbons (Fsp3) is 0.467. The van der Waals surface area contributed by atoms with Crippen molar-refractivity contribution >= 4 is 6.08 Å². The van der Waals surface area contributed by atoms with Gasteiger partial charge in [0.05, 0.1) is 0 Å². The lowest BCUT2D eigenvalue weighted by Gasteiger charge is -2.31. The molecule has 0 N–H and O–H groups in total. The predicted octanol–water partition coefficient (Wildman–Crippen LogP) is 3.57. The Balaban J connectivity index is 1.97. The minimum Gasteiger partial charge on any atom is -0.300 e. The Kier molecular flexibility index (Phi) is 3.79. The van der Waals surface area contributed by atoms with E-state index in [1.54, 1.807) is 5.57 Å². The highest BCUT2D eigenvalue weighted by atomic mass is 15.1. The number of likely N-dealkylation sites (tertiary alicyclic amines) is 1. The van der Waals surface area contributed by atoms with Gasteiger partial charge in [-0.2, -0.15) is 0 Å². The van der Waals surface area contributed by atoms with Crippen LogP contribution in [0.3, 0.4) is 0 Å². The molecule has 1 aromatic rings. The zero-order valence-corrected chi connectivity index (χ0v) is 10.3. The zero-order valence-electron chi connectivity index (χ0n) is 10.3. The van der Waals surface area contributed by atoms with Gasteiger partial charge in [0, 0.05) is 19.1 Å². The molecule has 0 aliphatic carbocycles. The Labute approximate surface area is 98.8 Å². The van der Waals surface area contributed by atoms with Gasteiger partial charge in [-0.05, 0) is 32.3 Å². The first-order valence-corrected chi connectivity index (χ1v) is 6.24. The number of benzene rings is 1. The fourth-order valence-corrected chi connectivity index (χ4v) is 2.26. The average molecular weight is 215 g/mol. The van der Waals surface area contributed by atoms with Gasteiger partial charge in [0.25, 0.3) is 0 Å². The van der Waals surface area contributed by atoms with Crippen LogP contribution < -0.4 is 0 Å². The molecule has 0 saturated carbocycles. The first kappa shape index (κ1) is 11.4. The van der Waals surface area contributed by atoms with Crippen LogP contribution in [0.25, 0.3) is 6.08 Å². The molecule has 1 fully saturated rings. The van der Waals surface area contributed by atoms with Crippen molar-refractivity contribution in [3.8, 4) is 0 Å². The minimum atomic E-state index is 0.693. The third kappa shape index (κ3) is 2.96. The maximum absolute atomic E-state index is 2.56. The van der Waals surface area contributed by atoms with E-state index in [0.29, 0.717) is 6.04 Å². The van der Waals surface area contributed by atoms with Crippen LogP contribution in [-0.2, 0) is 0 Å². The molecule has 86 valence electrons. The molecule has 1 saturated heterocycles. The summed E-state index contributed by atoms with van der Waals surface area (Å²) >= 11 is 0. The molecule has 1 heterocycles. The van der Waals surface area contributed by atoms with Crippen molar-refractivity contribution < 1.29 is 0 Å².